The number of hydrogen-bond acceptors (Lipinski definition) is 2. The lowest BCUT2D eigenvalue weighted by Crippen LogP contribution is -1.88. The van der Waals surface area contributed by atoms with Gasteiger partial charge in [0, 0.05) is 5.56 Å². The van der Waals surface area contributed by atoms with Gasteiger partial charge in [-0.25, -0.2) is 0 Å². The van der Waals surface area contributed by atoms with E-state index in [1.165, 1.54) is 0 Å². The molecule has 1 N–H and O–H groups in total. The van der Waals surface area contributed by atoms with Crippen molar-refractivity contribution >= 4 is 6.29 Å². The summed E-state index contributed by atoms with van der Waals surface area (Å²) < 4.78 is 0. The van der Waals surface area contributed by atoms with Crippen molar-refractivity contribution in [1.29, 1.82) is 0 Å². The van der Waals surface area contributed by atoms with E-state index in [-0.39, 0.29) is 0 Å². The normalized spacial score (nSPS) is 12.7. The molecule has 0 aliphatic heterocycles. The van der Waals surface area contributed by atoms with Crippen LogP contribution in [0.15, 0.2) is 30.3 Å². The van der Waals surface area contributed by atoms with E-state index in [1.54, 1.807) is 6.92 Å². The number of aliphatic hydroxyl groups excluding tert-OH is 1. The van der Waals surface area contributed by atoms with Crippen molar-refractivity contribution < 1.29 is 9.90 Å². The van der Waals surface area contributed by atoms with Gasteiger partial charge >= 0.3 is 0 Å². The van der Waals surface area contributed by atoms with Gasteiger partial charge in [0.2, 0.25) is 0 Å². The molecule has 0 unspecified atom stereocenters. The second kappa shape index (κ2) is 4.06. The molecule has 2 heteroatoms. The Kier molecular flexibility index (Phi) is 2.75. The molecule has 0 aromatic rings. The first-order valence-corrected chi connectivity index (χ1v) is 5.30. The summed E-state index contributed by atoms with van der Waals surface area (Å²) in [6, 6.07) is 9.51. The van der Waals surface area contributed by atoms with E-state index in [2.05, 4.69) is 0 Å². The highest BCUT2D eigenvalue weighted by Gasteiger charge is 2.12. The molecule has 82 valence electrons. The average Bonchev–Trinajstić information content (AvgIpc) is 2.58. The van der Waals surface area contributed by atoms with Crippen LogP contribution in [0.4, 0.5) is 0 Å². The molecule has 2 aliphatic rings. The maximum absolute atomic E-state index is 10.9. The Labute approximate surface area is 94.9 Å². The quantitative estimate of drug-likeness (QED) is 0.780. The maximum atomic E-state index is 10.9. The molecule has 0 saturated carbocycles. The molecule has 1 atom stereocenters. The smallest absolute Gasteiger partial charge is 0.150 e. The van der Waals surface area contributed by atoms with Crippen LogP contribution in [-0.2, 0) is 0 Å². The highest BCUT2D eigenvalue weighted by Crippen LogP contribution is 2.31. The van der Waals surface area contributed by atoms with Crippen LogP contribution in [0, 0.1) is 6.92 Å². The number of aryl methyl sites for hydroxylation is 1. The van der Waals surface area contributed by atoms with Crippen LogP contribution in [0.25, 0.3) is 11.1 Å². The zero-order valence-electron chi connectivity index (χ0n) is 9.40. The van der Waals surface area contributed by atoms with Crippen LogP contribution in [0.1, 0.15) is 34.5 Å². The van der Waals surface area contributed by atoms with E-state index in [4.69, 9.17) is 0 Å². The van der Waals surface area contributed by atoms with Gasteiger partial charge < -0.3 is 5.11 Å². The summed E-state index contributed by atoms with van der Waals surface area (Å²) in [5.74, 6) is 0. The van der Waals surface area contributed by atoms with E-state index in [9.17, 15) is 9.90 Å². The molecule has 0 radical (unpaired) electrons. The third-order valence-corrected chi connectivity index (χ3v) is 2.90. The van der Waals surface area contributed by atoms with Crippen molar-refractivity contribution in [1.82, 2.24) is 0 Å². The van der Waals surface area contributed by atoms with E-state index in [0.29, 0.717) is 5.56 Å². The molecule has 16 heavy (non-hydrogen) atoms. The largest absolute Gasteiger partial charge is 0.389 e. The summed E-state index contributed by atoms with van der Waals surface area (Å²) in [5, 5.41) is 9.60. The van der Waals surface area contributed by atoms with Gasteiger partial charge in [-0.15, -0.1) is 0 Å². The Balaban J connectivity index is 2.73. The topological polar surface area (TPSA) is 37.3 Å². The number of carbonyl (C=O) groups excluding carboxylic acids is 1. The van der Waals surface area contributed by atoms with Gasteiger partial charge in [-0.1, -0.05) is 24.3 Å². The molecule has 0 amide bonds. The van der Waals surface area contributed by atoms with Gasteiger partial charge in [-0.05, 0) is 42.2 Å². The minimum Gasteiger partial charge on any atom is -0.389 e. The van der Waals surface area contributed by atoms with E-state index >= 15 is 0 Å². The first-order chi connectivity index (χ1) is 7.63. The molecule has 0 aromatic heterocycles. The molecule has 2 nitrogen and oxygen atoms in total. The Morgan fingerprint density at radius 1 is 1.19 bits per heavy atom. The number of fused-ring (bicyclic) bond motifs is 1. The molecule has 0 saturated heterocycles. The second-order valence-electron chi connectivity index (χ2n) is 4.07. The van der Waals surface area contributed by atoms with Crippen LogP contribution < -0.4 is 0 Å². The number of hydrogen-bond donors (Lipinski definition) is 1. The maximum Gasteiger partial charge on any atom is 0.150 e. The number of carbonyl (C=O) groups is 1. The van der Waals surface area contributed by atoms with Gasteiger partial charge in [0.25, 0.3) is 0 Å². The predicted octanol–water partition coefficient (Wildman–Crippen LogP) is 2.97. The van der Waals surface area contributed by atoms with Crippen molar-refractivity contribution in [2.75, 3.05) is 0 Å². The zero-order chi connectivity index (χ0) is 11.7. The van der Waals surface area contributed by atoms with Crippen LogP contribution in [0.5, 0.6) is 0 Å². The lowest BCUT2D eigenvalue weighted by Gasteiger charge is -2.02. The van der Waals surface area contributed by atoms with Crippen LogP contribution in [0.2, 0.25) is 0 Å². The summed E-state index contributed by atoms with van der Waals surface area (Å²) in [5.41, 5.74) is 4.58. The number of aldehydes is 1. The standard InChI is InChI=1S/C14H14O2/c1-9-3-4-11(10(2)16)7-14-12(8-15)5-6-13(9)14/h3-8,10,16H,1-2H3/t10-/m1/s1. The average molecular weight is 214 g/mol. The third kappa shape index (κ3) is 1.72. The minimum absolute atomic E-state index is 0.524. The minimum atomic E-state index is -0.524. The monoisotopic (exact) mass is 214 g/mol. The zero-order valence-corrected chi connectivity index (χ0v) is 9.40. The van der Waals surface area contributed by atoms with Crippen LogP contribution in [0.3, 0.4) is 0 Å². The molecule has 0 heterocycles. The molecule has 0 bridgehead atoms. The summed E-state index contributed by atoms with van der Waals surface area (Å²) in [4.78, 5) is 10.9. The van der Waals surface area contributed by atoms with E-state index in [0.717, 1.165) is 28.5 Å². The van der Waals surface area contributed by atoms with E-state index in [1.807, 2.05) is 37.3 Å². The lowest BCUT2D eigenvalue weighted by atomic mass is 10.1. The van der Waals surface area contributed by atoms with E-state index < -0.39 is 6.10 Å². The fourth-order valence-electron chi connectivity index (χ4n) is 1.90. The Bertz CT molecular complexity index is 501. The lowest BCUT2D eigenvalue weighted by molar-refractivity contribution is 0.112. The molecule has 0 aromatic carbocycles. The molecule has 0 fully saturated rings. The fourth-order valence-corrected chi connectivity index (χ4v) is 1.90. The highest BCUT2D eigenvalue weighted by molar-refractivity contribution is 5.90. The Morgan fingerprint density at radius 2 is 1.94 bits per heavy atom. The summed E-state index contributed by atoms with van der Waals surface area (Å²) in [6.07, 6.45) is 0.331. The summed E-state index contributed by atoms with van der Waals surface area (Å²) in [7, 11) is 0. The predicted molar refractivity (Wildman–Crippen MR) is 63.8 cm³/mol. The van der Waals surface area contributed by atoms with Gasteiger partial charge in [0.15, 0.2) is 6.29 Å². The van der Waals surface area contributed by atoms with Crippen molar-refractivity contribution in [2.45, 2.75) is 20.0 Å². The van der Waals surface area contributed by atoms with Crippen molar-refractivity contribution in [3.8, 4) is 11.1 Å². The first kappa shape index (κ1) is 10.8. The Hall–Kier alpha value is -1.67. The second-order valence-corrected chi connectivity index (χ2v) is 4.07. The third-order valence-electron chi connectivity index (χ3n) is 2.90. The Morgan fingerprint density at radius 3 is 2.56 bits per heavy atom. The molecule has 0 spiro atoms. The van der Waals surface area contributed by atoms with Gasteiger partial charge in [-0.3, -0.25) is 4.79 Å². The molecule has 2 aliphatic carbocycles. The summed E-state index contributed by atoms with van der Waals surface area (Å²) in [6.45, 7) is 3.72. The highest BCUT2D eigenvalue weighted by atomic mass is 16.3. The SMILES string of the molecule is Cc1ccc([C@@H](C)O)cc2c(C=O)ccc1-2. The van der Waals surface area contributed by atoms with Gasteiger partial charge in [-0.2, -0.15) is 0 Å². The number of aliphatic hydroxyl groups is 1. The van der Waals surface area contributed by atoms with Crippen molar-refractivity contribution in [2.24, 2.45) is 0 Å². The van der Waals surface area contributed by atoms with Crippen LogP contribution in [-0.4, -0.2) is 11.4 Å². The van der Waals surface area contributed by atoms with Crippen LogP contribution >= 0.6 is 0 Å². The molecular weight excluding hydrogens is 200 g/mol. The molecular formula is C14H14O2. The van der Waals surface area contributed by atoms with Gasteiger partial charge in [0.1, 0.15) is 0 Å². The molecule has 2 rings (SSSR count). The fraction of sp³-hybridized carbons (Fsp3) is 0.214. The van der Waals surface area contributed by atoms with Crippen molar-refractivity contribution in [3.05, 3.63) is 47.0 Å². The van der Waals surface area contributed by atoms with Gasteiger partial charge in [0.05, 0.1) is 6.10 Å². The first-order valence-electron chi connectivity index (χ1n) is 5.30. The van der Waals surface area contributed by atoms with Crippen molar-refractivity contribution in [3.63, 3.8) is 0 Å². The summed E-state index contributed by atoms with van der Waals surface area (Å²) >= 11 is 0. The number of rotatable bonds is 2.